The molecule has 8 N–H and O–H groups in total. The number of hydrogen-bond acceptors (Lipinski definition) is 9. The first-order valence-corrected chi connectivity index (χ1v) is 19.2. The zero-order chi connectivity index (χ0) is 33.1. The maximum atomic E-state index is 12.1. The summed E-state index contributed by atoms with van der Waals surface area (Å²) < 4.78 is 3.60. The average Bonchev–Trinajstić information content (AvgIpc) is 3.00. The van der Waals surface area contributed by atoms with Crippen molar-refractivity contribution >= 4 is 17.2 Å². The number of hydrogen-bond donors (Lipinski definition) is 8. The number of unbranched alkanes of at least 4 members (excludes halogenated alkanes) is 16. The predicted octanol–water partition coefficient (Wildman–Crippen LogP) is 7.47. The molecular weight excluding hydrogens is 602 g/mol. The van der Waals surface area contributed by atoms with Gasteiger partial charge < -0.3 is 40.0 Å². The molecule has 0 heterocycles. The molecule has 1 rings (SSSR count). The molecule has 11 heteroatoms. The fourth-order valence-electron chi connectivity index (χ4n) is 5.87. The van der Waals surface area contributed by atoms with Gasteiger partial charge in [0.05, 0.1) is 24.7 Å². The van der Waals surface area contributed by atoms with Gasteiger partial charge in [-0.05, 0) is 18.4 Å². The van der Waals surface area contributed by atoms with Crippen LogP contribution < -0.4 is 0 Å². The number of aliphatic hydroxyl groups excluding tert-OH is 3. The largest absolute Gasteiger partial charge is 0.395 e. The van der Waals surface area contributed by atoms with E-state index in [0.29, 0.717) is 18.4 Å². The molecule has 1 aromatic carbocycles. The third-order valence-electron chi connectivity index (χ3n) is 8.65. The quantitative estimate of drug-likeness (QED) is 0.0350. The van der Waals surface area contributed by atoms with E-state index in [1.165, 1.54) is 77.0 Å². The highest BCUT2D eigenvalue weighted by Gasteiger charge is 2.54. The van der Waals surface area contributed by atoms with Gasteiger partial charge in [0.25, 0.3) is 0 Å². The summed E-state index contributed by atoms with van der Waals surface area (Å²) >= 11 is 0. The van der Waals surface area contributed by atoms with Crippen LogP contribution in [0.1, 0.15) is 148 Å². The Bertz CT molecular complexity index is 748. The first-order valence-electron chi connectivity index (χ1n) is 16.9. The van der Waals surface area contributed by atoms with Crippen molar-refractivity contribution in [2.45, 2.75) is 154 Å². The molecule has 44 heavy (non-hydrogen) atoms. The molecule has 0 radical (unpaired) electrons. The van der Waals surface area contributed by atoms with Gasteiger partial charge in [0.15, 0.2) is 0 Å². The molecule has 9 nitrogen and oxygen atoms in total. The van der Waals surface area contributed by atoms with E-state index in [2.05, 4.69) is 18.2 Å². The SMILES string of the molecule is CCCCCCCCCCCCCC(O)(c1ccccc1)C(CO)(CO)C(O)CCCCCCCCC.OP(O)OP(O)O. The lowest BCUT2D eigenvalue weighted by molar-refractivity contribution is -0.196. The van der Waals surface area contributed by atoms with Crippen LogP contribution in [0.4, 0.5) is 0 Å². The van der Waals surface area contributed by atoms with Crippen molar-refractivity contribution in [3.8, 4) is 0 Å². The lowest BCUT2D eigenvalue weighted by Gasteiger charge is -2.48. The van der Waals surface area contributed by atoms with Crippen LogP contribution in [0.3, 0.4) is 0 Å². The predicted molar refractivity (Wildman–Crippen MR) is 180 cm³/mol. The Morgan fingerprint density at radius 2 is 1.00 bits per heavy atom. The van der Waals surface area contributed by atoms with Gasteiger partial charge in [-0.3, -0.25) is 0 Å². The van der Waals surface area contributed by atoms with E-state index in [1.54, 1.807) is 0 Å². The molecule has 0 saturated carbocycles. The van der Waals surface area contributed by atoms with Crippen molar-refractivity contribution in [1.82, 2.24) is 0 Å². The van der Waals surface area contributed by atoms with Crippen molar-refractivity contribution in [2.75, 3.05) is 13.2 Å². The molecule has 0 fully saturated rings. The molecule has 2 atom stereocenters. The smallest absolute Gasteiger partial charge is 0.334 e. The summed E-state index contributed by atoms with van der Waals surface area (Å²) in [6.07, 6.45) is 21.3. The summed E-state index contributed by atoms with van der Waals surface area (Å²) in [5, 5.41) is 44.5. The summed E-state index contributed by atoms with van der Waals surface area (Å²) in [5.41, 5.74) is -2.21. The first-order chi connectivity index (χ1) is 21.1. The van der Waals surface area contributed by atoms with Gasteiger partial charge in [-0.1, -0.05) is 160 Å². The lowest BCUT2D eigenvalue weighted by Crippen LogP contribution is -2.58. The minimum atomic E-state index is -2.61. The second kappa shape index (κ2) is 27.8. The van der Waals surface area contributed by atoms with E-state index in [1.807, 2.05) is 30.3 Å². The molecule has 0 amide bonds. The second-order valence-corrected chi connectivity index (χ2v) is 13.7. The van der Waals surface area contributed by atoms with E-state index in [-0.39, 0.29) is 0 Å². The molecule has 0 bridgehead atoms. The normalized spacial score (nSPS) is 14.0. The Morgan fingerprint density at radius 1 is 0.614 bits per heavy atom. The van der Waals surface area contributed by atoms with Crippen LogP contribution in [0.15, 0.2) is 30.3 Å². The first kappa shape index (κ1) is 43.7. The zero-order valence-electron chi connectivity index (χ0n) is 27.4. The third kappa shape index (κ3) is 18.2. The summed E-state index contributed by atoms with van der Waals surface area (Å²) in [4.78, 5) is 31.3. The molecule has 0 aliphatic heterocycles. The minimum absolute atomic E-state index is 0.420. The van der Waals surface area contributed by atoms with Crippen LogP contribution in [0, 0.1) is 5.41 Å². The van der Waals surface area contributed by atoms with Crippen molar-refractivity contribution in [2.24, 2.45) is 5.41 Å². The molecule has 2 unspecified atom stereocenters. The Labute approximate surface area is 269 Å². The van der Waals surface area contributed by atoms with E-state index < -0.39 is 47.5 Å². The van der Waals surface area contributed by atoms with Crippen molar-refractivity contribution < 1.29 is 44.3 Å². The van der Waals surface area contributed by atoms with Crippen molar-refractivity contribution in [3.63, 3.8) is 0 Å². The van der Waals surface area contributed by atoms with E-state index in [0.717, 1.165) is 38.5 Å². The van der Waals surface area contributed by atoms with Crippen LogP contribution in [0.2, 0.25) is 0 Å². The third-order valence-corrected chi connectivity index (χ3v) is 9.81. The van der Waals surface area contributed by atoms with E-state index >= 15 is 0 Å². The van der Waals surface area contributed by atoms with Gasteiger partial charge in [0, 0.05) is 0 Å². The fourth-order valence-corrected chi connectivity index (χ4v) is 6.40. The topological polar surface area (TPSA) is 171 Å². The maximum absolute atomic E-state index is 12.1. The lowest BCUT2D eigenvalue weighted by atomic mass is 9.62. The molecular formula is C33H64O9P2. The van der Waals surface area contributed by atoms with Crippen LogP contribution in [-0.2, 0) is 9.91 Å². The fraction of sp³-hybridized carbons (Fsp3) is 0.818. The van der Waals surface area contributed by atoms with Crippen molar-refractivity contribution in [3.05, 3.63) is 35.9 Å². The van der Waals surface area contributed by atoms with Crippen LogP contribution >= 0.6 is 17.2 Å². The molecule has 0 saturated heterocycles. The summed E-state index contributed by atoms with van der Waals surface area (Å²) in [5.74, 6) is 0. The highest BCUT2D eigenvalue weighted by Crippen LogP contribution is 2.47. The molecule has 0 aliphatic carbocycles. The Kier molecular flexibility index (Phi) is 27.6. The van der Waals surface area contributed by atoms with Gasteiger partial charge in [-0.15, -0.1) is 0 Å². The van der Waals surface area contributed by atoms with E-state index in [4.69, 9.17) is 19.6 Å². The summed E-state index contributed by atoms with van der Waals surface area (Å²) in [6, 6.07) is 9.38. The second-order valence-electron chi connectivity index (χ2n) is 12.0. The highest BCUT2D eigenvalue weighted by atomic mass is 31.2. The molecule has 0 aliphatic rings. The molecule has 0 spiro atoms. The monoisotopic (exact) mass is 666 g/mol. The Balaban J connectivity index is 0.00000234. The van der Waals surface area contributed by atoms with Gasteiger partial charge in [0.2, 0.25) is 0 Å². The number of rotatable bonds is 27. The van der Waals surface area contributed by atoms with Crippen LogP contribution in [0.5, 0.6) is 0 Å². The zero-order valence-corrected chi connectivity index (χ0v) is 29.2. The standard InChI is InChI=1S/C33H60O4.H4O5P2/c1-3-5-7-9-11-12-13-14-16-18-23-27-33(37,30-24-20-19-21-25-30)32(28-34,29-35)31(36)26-22-17-15-10-8-6-4-2;1-6(2)5-7(3)4/h19-21,24-25,31,34-37H,3-18,22-23,26-29H2,1-2H3;1-4H. The Hall–Kier alpha value is -0.280. The van der Waals surface area contributed by atoms with Gasteiger partial charge in [-0.25, -0.2) is 4.31 Å². The van der Waals surface area contributed by atoms with Crippen LogP contribution in [-0.4, -0.2) is 59.3 Å². The van der Waals surface area contributed by atoms with Gasteiger partial charge in [0.1, 0.15) is 5.60 Å². The Morgan fingerprint density at radius 3 is 1.36 bits per heavy atom. The summed E-state index contributed by atoms with van der Waals surface area (Å²) in [6.45, 7) is 3.56. The van der Waals surface area contributed by atoms with Crippen molar-refractivity contribution in [1.29, 1.82) is 0 Å². The van der Waals surface area contributed by atoms with Gasteiger partial charge in [-0.2, -0.15) is 0 Å². The average molecular weight is 667 g/mol. The minimum Gasteiger partial charge on any atom is -0.395 e. The number of aliphatic hydroxyl groups is 4. The number of benzene rings is 1. The summed E-state index contributed by atoms with van der Waals surface area (Å²) in [7, 11) is -5.22. The highest BCUT2D eigenvalue weighted by molar-refractivity contribution is 7.53. The maximum Gasteiger partial charge on any atom is 0.334 e. The van der Waals surface area contributed by atoms with Crippen LogP contribution in [0.25, 0.3) is 0 Å². The molecule has 1 aromatic rings. The molecule has 0 aromatic heterocycles. The van der Waals surface area contributed by atoms with E-state index in [9.17, 15) is 20.4 Å². The molecule has 260 valence electrons. The van der Waals surface area contributed by atoms with Gasteiger partial charge >= 0.3 is 17.2 Å².